The van der Waals surface area contributed by atoms with E-state index in [0.29, 0.717) is 15.9 Å². The summed E-state index contributed by atoms with van der Waals surface area (Å²) in [4.78, 5) is 47.7. The van der Waals surface area contributed by atoms with Crippen LogP contribution < -0.4 is 4.90 Å². The molecular formula is C24H13Cl2N3O5S. The molecule has 1 fully saturated rings. The first-order chi connectivity index (χ1) is 16.8. The Hall–Kier alpha value is -3.79. The summed E-state index contributed by atoms with van der Waals surface area (Å²) in [5, 5.41) is 21.0. The number of pyridine rings is 1. The number of anilines is 1. The lowest BCUT2D eigenvalue weighted by atomic mass is 9.98. The van der Waals surface area contributed by atoms with E-state index in [4.69, 9.17) is 23.2 Å². The number of aliphatic hydroxyl groups is 1. The fourth-order valence-corrected chi connectivity index (χ4v) is 5.12. The molecule has 0 spiro atoms. The number of carbonyl (C=O) groups is 3. The van der Waals surface area contributed by atoms with Crippen molar-refractivity contribution in [3.05, 3.63) is 93.2 Å². The van der Waals surface area contributed by atoms with E-state index in [1.54, 1.807) is 18.2 Å². The zero-order valence-electron chi connectivity index (χ0n) is 17.5. The molecule has 8 nitrogen and oxygen atoms in total. The van der Waals surface area contributed by atoms with E-state index >= 15 is 0 Å². The lowest BCUT2D eigenvalue weighted by Crippen LogP contribution is -2.29. The number of carboxylic acids is 1. The number of rotatable bonds is 4. The Morgan fingerprint density at radius 1 is 0.971 bits per heavy atom. The molecule has 2 aromatic heterocycles. The van der Waals surface area contributed by atoms with Gasteiger partial charge in [-0.05, 0) is 48.5 Å². The highest BCUT2D eigenvalue weighted by Gasteiger charge is 2.48. The van der Waals surface area contributed by atoms with Crippen molar-refractivity contribution in [2.24, 2.45) is 0 Å². The van der Waals surface area contributed by atoms with Gasteiger partial charge in [-0.1, -0.05) is 40.6 Å². The first kappa shape index (κ1) is 23.0. The summed E-state index contributed by atoms with van der Waals surface area (Å²) >= 11 is 13.1. The Bertz CT molecular complexity index is 1570. The van der Waals surface area contributed by atoms with Crippen molar-refractivity contribution >= 4 is 73.3 Å². The van der Waals surface area contributed by atoms with Gasteiger partial charge in [-0.3, -0.25) is 19.5 Å². The number of hydrogen-bond donors (Lipinski definition) is 2. The second-order valence-corrected chi connectivity index (χ2v) is 9.36. The smallest absolute Gasteiger partial charge is 0.335 e. The molecule has 2 aromatic carbocycles. The third-order valence-corrected chi connectivity index (χ3v) is 7.19. The molecule has 1 amide bonds. The number of aromatic nitrogens is 2. The molecule has 1 saturated heterocycles. The highest BCUT2D eigenvalue weighted by molar-refractivity contribution is 7.22. The van der Waals surface area contributed by atoms with Crippen molar-refractivity contribution in [3.8, 4) is 0 Å². The molecule has 3 heterocycles. The number of halogens is 2. The van der Waals surface area contributed by atoms with Crippen LogP contribution in [0.1, 0.15) is 27.7 Å². The Balaban J connectivity index is 1.71. The summed E-state index contributed by atoms with van der Waals surface area (Å²) < 4.78 is 0.519. The summed E-state index contributed by atoms with van der Waals surface area (Å²) in [6, 6.07) is 12.7. The maximum Gasteiger partial charge on any atom is 0.335 e. The maximum absolute atomic E-state index is 13.2. The van der Waals surface area contributed by atoms with Gasteiger partial charge in [0.2, 0.25) is 0 Å². The fourth-order valence-electron chi connectivity index (χ4n) is 3.79. The van der Waals surface area contributed by atoms with Crippen LogP contribution in [0.15, 0.2) is 66.4 Å². The molecule has 1 unspecified atom stereocenters. The van der Waals surface area contributed by atoms with E-state index in [9.17, 15) is 24.6 Å². The minimum atomic E-state index is -1.10. The van der Waals surface area contributed by atoms with Crippen molar-refractivity contribution in [1.82, 2.24) is 9.97 Å². The summed E-state index contributed by atoms with van der Waals surface area (Å²) in [7, 11) is 0. The topological polar surface area (TPSA) is 121 Å². The van der Waals surface area contributed by atoms with Crippen LogP contribution in [0.5, 0.6) is 0 Å². The summed E-state index contributed by atoms with van der Waals surface area (Å²) in [5.41, 5.74) is 0.877. The number of fused-ring (bicyclic) bond motifs is 1. The quantitative estimate of drug-likeness (QED) is 0.210. The van der Waals surface area contributed by atoms with Gasteiger partial charge < -0.3 is 10.2 Å². The monoisotopic (exact) mass is 525 g/mol. The first-order valence-electron chi connectivity index (χ1n) is 10.1. The number of amides is 1. The second-order valence-electron chi connectivity index (χ2n) is 7.54. The SMILES string of the molecule is O=C1C(=O)N(c2nc3ccc(C(=O)O)cc3s2)C(c2ccccn2)/C1=C(\O)c1ccc(Cl)c(Cl)c1. The van der Waals surface area contributed by atoms with Crippen molar-refractivity contribution in [3.63, 3.8) is 0 Å². The number of aliphatic hydroxyl groups excluding tert-OH is 1. The predicted molar refractivity (Wildman–Crippen MR) is 132 cm³/mol. The largest absolute Gasteiger partial charge is 0.507 e. The maximum atomic E-state index is 13.2. The highest BCUT2D eigenvalue weighted by atomic mass is 35.5. The minimum Gasteiger partial charge on any atom is -0.507 e. The van der Waals surface area contributed by atoms with Gasteiger partial charge in [-0.25, -0.2) is 9.78 Å². The van der Waals surface area contributed by atoms with E-state index in [1.165, 1.54) is 47.5 Å². The summed E-state index contributed by atoms with van der Waals surface area (Å²) in [6.07, 6.45) is 1.51. The van der Waals surface area contributed by atoms with E-state index in [-0.39, 0.29) is 31.9 Å². The van der Waals surface area contributed by atoms with Gasteiger partial charge in [0.1, 0.15) is 11.8 Å². The number of ketones is 1. The number of hydrogen-bond acceptors (Lipinski definition) is 7. The number of thiazole rings is 1. The fraction of sp³-hybridized carbons (Fsp3) is 0.0417. The first-order valence-corrected chi connectivity index (χ1v) is 11.6. The molecule has 1 aliphatic heterocycles. The molecule has 35 heavy (non-hydrogen) atoms. The highest BCUT2D eigenvalue weighted by Crippen LogP contribution is 2.44. The third-order valence-electron chi connectivity index (χ3n) is 5.44. The molecule has 2 N–H and O–H groups in total. The van der Waals surface area contributed by atoms with Gasteiger partial charge in [-0.2, -0.15) is 0 Å². The predicted octanol–water partition coefficient (Wildman–Crippen LogP) is 5.32. The molecule has 1 aliphatic rings. The van der Waals surface area contributed by atoms with Crippen LogP contribution >= 0.6 is 34.5 Å². The van der Waals surface area contributed by atoms with Gasteiger partial charge in [0.15, 0.2) is 5.13 Å². The molecule has 4 aromatic rings. The molecule has 0 radical (unpaired) electrons. The number of aromatic carboxylic acids is 1. The van der Waals surface area contributed by atoms with Gasteiger partial charge >= 0.3 is 11.9 Å². The van der Waals surface area contributed by atoms with Crippen LogP contribution in [-0.2, 0) is 9.59 Å². The average molecular weight is 526 g/mol. The summed E-state index contributed by atoms with van der Waals surface area (Å²) in [5.74, 6) is -3.36. The van der Waals surface area contributed by atoms with Crippen LogP contribution in [0.25, 0.3) is 16.0 Å². The molecular weight excluding hydrogens is 513 g/mol. The number of carboxylic acid groups (broad SMARTS) is 1. The average Bonchev–Trinajstić information content (AvgIpc) is 3.38. The third kappa shape index (κ3) is 3.93. The Morgan fingerprint density at radius 2 is 1.74 bits per heavy atom. The zero-order chi connectivity index (χ0) is 24.9. The van der Waals surface area contributed by atoms with Gasteiger partial charge in [-0.15, -0.1) is 0 Å². The Labute approximate surface area is 211 Å². The van der Waals surface area contributed by atoms with Crippen molar-refractivity contribution in [1.29, 1.82) is 0 Å². The molecule has 0 saturated carbocycles. The standard InChI is InChI=1S/C24H13Cl2N3O5S/c25-13-6-4-11(9-14(13)26)20(30)18-19(16-3-1-2-8-27-16)29(22(32)21(18)31)24-28-15-7-5-12(23(33)34)10-17(15)35-24/h1-10,19,30H,(H,33,34)/b20-18+. The number of carbonyl (C=O) groups excluding carboxylic acids is 2. The van der Waals surface area contributed by atoms with Crippen molar-refractivity contribution < 1.29 is 24.6 Å². The van der Waals surface area contributed by atoms with Crippen LogP contribution in [0.4, 0.5) is 5.13 Å². The lowest BCUT2D eigenvalue weighted by Gasteiger charge is -2.22. The van der Waals surface area contributed by atoms with E-state index in [0.717, 1.165) is 11.3 Å². The lowest BCUT2D eigenvalue weighted by molar-refractivity contribution is -0.132. The number of benzene rings is 2. The molecule has 0 bridgehead atoms. The molecule has 1 atom stereocenters. The Morgan fingerprint density at radius 3 is 2.43 bits per heavy atom. The Kier molecular flexibility index (Phi) is 5.76. The van der Waals surface area contributed by atoms with Crippen LogP contribution in [-0.4, -0.2) is 37.8 Å². The van der Waals surface area contributed by atoms with Crippen LogP contribution in [0, 0.1) is 0 Å². The number of nitrogens with zero attached hydrogens (tertiary/aromatic N) is 3. The molecule has 5 rings (SSSR count). The normalized spacial score (nSPS) is 17.3. The minimum absolute atomic E-state index is 0.0654. The van der Waals surface area contributed by atoms with Crippen LogP contribution in [0.2, 0.25) is 10.0 Å². The van der Waals surface area contributed by atoms with E-state index < -0.39 is 29.5 Å². The van der Waals surface area contributed by atoms with Crippen molar-refractivity contribution in [2.45, 2.75) is 6.04 Å². The second kappa shape index (κ2) is 8.77. The van der Waals surface area contributed by atoms with Gasteiger partial charge in [0.05, 0.1) is 37.1 Å². The number of Topliss-reactive ketones (excluding diaryl/α,β-unsaturated/α-hetero) is 1. The van der Waals surface area contributed by atoms with Gasteiger partial charge in [0, 0.05) is 11.8 Å². The summed E-state index contributed by atoms with van der Waals surface area (Å²) in [6.45, 7) is 0. The van der Waals surface area contributed by atoms with Crippen LogP contribution in [0.3, 0.4) is 0 Å². The van der Waals surface area contributed by atoms with E-state index in [1.807, 2.05) is 0 Å². The molecule has 11 heteroatoms. The van der Waals surface area contributed by atoms with Crippen molar-refractivity contribution in [2.75, 3.05) is 4.90 Å². The van der Waals surface area contributed by atoms with E-state index in [2.05, 4.69) is 9.97 Å². The molecule has 174 valence electrons. The molecule has 0 aliphatic carbocycles. The zero-order valence-corrected chi connectivity index (χ0v) is 19.8. The van der Waals surface area contributed by atoms with Gasteiger partial charge in [0.25, 0.3) is 5.78 Å².